The van der Waals surface area contributed by atoms with Gasteiger partial charge in [0.25, 0.3) is 0 Å². The molecule has 0 saturated carbocycles. The Bertz CT molecular complexity index is 884. The standard InChI is InChI=1S/C19H19BrN4O3/c20-12-4-5-14-13(11-12)18(15-3-1-2-8-21-15)23-16(6-7-17(26)27)19(24-14)22-9-10-25/h1-5,8,11,16,25H,6-7,9-10H2,(H,22,24)(H,26,27). The Hall–Kier alpha value is -2.58. The number of aliphatic imine (C=N–C) groups is 2. The second-order valence-electron chi connectivity index (χ2n) is 5.95. The SMILES string of the molecule is O=C(O)CCC1N=C(c2ccccn2)c2cc(Br)ccc2NC1=NCCO. The van der Waals surface area contributed by atoms with Crippen molar-refractivity contribution in [2.45, 2.75) is 18.9 Å². The Morgan fingerprint density at radius 1 is 1.30 bits per heavy atom. The first-order valence-electron chi connectivity index (χ1n) is 8.51. The zero-order valence-electron chi connectivity index (χ0n) is 14.5. The number of aromatic nitrogens is 1. The van der Waals surface area contributed by atoms with Crippen molar-refractivity contribution >= 4 is 39.1 Å². The van der Waals surface area contributed by atoms with Gasteiger partial charge >= 0.3 is 5.97 Å². The summed E-state index contributed by atoms with van der Waals surface area (Å²) in [6, 6.07) is 10.9. The number of carboxylic acid groups (broad SMARTS) is 1. The van der Waals surface area contributed by atoms with E-state index in [1.807, 2.05) is 36.4 Å². The van der Waals surface area contributed by atoms with E-state index in [2.05, 4.69) is 31.2 Å². The van der Waals surface area contributed by atoms with E-state index in [1.165, 1.54) is 0 Å². The third kappa shape index (κ3) is 4.78. The van der Waals surface area contributed by atoms with Gasteiger partial charge in [0.05, 0.1) is 24.6 Å². The summed E-state index contributed by atoms with van der Waals surface area (Å²) in [5.41, 5.74) is 3.01. The van der Waals surface area contributed by atoms with Crippen LogP contribution in [0, 0.1) is 0 Å². The third-order valence-corrected chi connectivity index (χ3v) is 4.51. The summed E-state index contributed by atoms with van der Waals surface area (Å²) in [7, 11) is 0. The number of amidine groups is 1. The summed E-state index contributed by atoms with van der Waals surface area (Å²) in [6.45, 7) is 0.118. The molecule has 0 fully saturated rings. The lowest BCUT2D eigenvalue weighted by molar-refractivity contribution is -0.137. The molecule has 1 aromatic carbocycles. The van der Waals surface area contributed by atoms with Crippen molar-refractivity contribution in [1.82, 2.24) is 4.98 Å². The molecule has 0 radical (unpaired) electrons. The van der Waals surface area contributed by atoms with Crippen LogP contribution in [0.15, 0.2) is 57.1 Å². The first-order valence-corrected chi connectivity index (χ1v) is 9.31. The molecule has 0 aliphatic carbocycles. The highest BCUT2D eigenvalue weighted by Gasteiger charge is 2.25. The number of aliphatic hydroxyl groups is 1. The van der Waals surface area contributed by atoms with Gasteiger partial charge in [0.2, 0.25) is 0 Å². The van der Waals surface area contributed by atoms with E-state index in [0.717, 1.165) is 15.7 Å². The Morgan fingerprint density at radius 2 is 2.15 bits per heavy atom. The Morgan fingerprint density at radius 3 is 2.85 bits per heavy atom. The fraction of sp³-hybridized carbons (Fsp3) is 0.263. The van der Waals surface area contributed by atoms with Crippen LogP contribution >= 0.6 is 15.9 Å². The summed E-state index contributed by atoms with van der Waals surface area (Å²) in [5, 5.41) is 21.5. The van der Waals surface area contributed by atoms with Crippen LogP contribution < -0.4 is 5.32 Å². The van der Waals surface area contributed by atoms with E-state index in [4.69, 9.17) is 15.2 Å². The average Bonchev–Trinajstić information content (AvgIpc) is 2.82. The topological polar surface area (TPSA) is 107 Å². The highest BCUT2D eigenvalue weighted by molar-refractivity contribution is 9.10. The Labute approximate surface area is 165 Å². The van der Waals surface area contributed by atoms with Gasteiger partial charge in [-0.1, -0.05) is 22.0 Å². The number of aliphatic hydroxyl groups excluding tert-OH is 1. The number of nitrogens with one attached hydrogen (secondary N) is 1. The average molecular weight is 431 g/mol. The predicted molar refractivity (Wildman–Crippen MR) is 108 cm³/mol. The second-order valence-corrected chi connectivity index (χ2v) is 6.86. The van der Waals surface area contributed by atoms with Gasteiger partial charge in [0.15, 0.2) is 0 Å². The van der Waals surface area contributed by atoms with Crippen LogP contribution in [0.5, 0.6) is 0 Å². The maximum absolute atomic E-state index is 11.1. The summed E-state index contributed by atoms with van der Waals surface area (Å²) >= 11 is 3.49. The van der Waals surface area contributed by atoms with Crippen molar-refractivity contribution < 1.29 is 15.0 Å². The minimum absolute atomic E-state index is 0.0382. The lowest BCUT2D eigenvalue weighted by Gasteiger charge is -2.15. The van der Waals surface area contributed by atoms with Crippen molar-refractivity contribution in [3.63, 3.8) is 0 Å². The van der Waals surface area contributed by atoms with E-state index in [1.54, 1.807) is 6.20 Å². The number of benzodiazepines with no additional fused rings is 1. The zero-order chi connectivity index (χ0) is 19.2. The van der Waals surface area contributed by atoms with Crippen LogP contribution in [0.25, 0.3) is 0 Å². The van der Waals surface area contributed by atoms with Crippen LogP contribution in [0.3, 0.4) is 0 Å². The fourth-order valence-electron chi connectivity index (χ4n) is 2.81. The molecule has 0 amide bonds. The van der Waals surface area contributed by atoms with E-state index >= 15 is 0 Å². The van der Waals surface area contributed by atoms with Gasteiger partial charge in [-0.2, -0.15) is 0 Å². The number of benzene rings is 1. The molecule has 1 aliphatic heterocycles. The number of rotatable bonds is 6. The molecular formula is C19H19BrN4O3. The normalized spacial score (nSPS) is 17.6. The molecule has 7 nitrogen and oxygen atoms in total. The summed E-state index contributed by atoms with van der Waals surface area (Å²) < 4.78 is 0.893. The molecule has 1 unspecified atom stereocenters. The number of fused-ring (bicyclic) bond motifs is 1. The largest absolute Gasteiger partial charge is 0.481 e. The van der Waals surface area contributed by atoms with Crippen molar-refractivity contribution in [2.75, 3.05) is 18.5 Å². The summed E-state index contributed by atoms with van der Waals surface area (Å²) in [5.74, 6) is -0.351. The third-order valence-electron chi connectivity index (χ3n) is 4.02. The van der Waals surface area contributed by atoms with Gasteiger partial charge in [-0.25, -0.2) is 0 Å². The molecule has 3 N–H and O–H groups in total. The lowest BCUT2D eigenvalue weighted by atomic mass is 10.0. The van der Waals surface area contributed by atoms with Gasteiger partial charge in [-0.3, -0.25) is 19.8 Å². The number of aliphatic carboxylic acids is 1. The fourth-order valence-corrected chi connectivity index (χ4v) is 3.17. The maximum atomic E-state index is 11.1. The zero-order valence-corrected chi connectivity index (χ0v) is 16.1. The smallest absolute Gasteiger partial charge is 0.303 e. The molecule has 1 aromatic heterocycles. The number of halogens is 1. The number of pyridine rings is 1. The molecule has 1 aliphatic rings. The molecule has 2 aromatic rings. The van der Waals surface area contributed by atoms with E-state index in [-0.39, 0.29) is 26.0 Å². The first kappa shape index (κ1) is 19.2. The van der Waals surface area contributed by atoms with Crippen LogP contribution in [-0.4, -0.2) is 51.9 Å². The number of carbonyl (C=O) groups is 1. The van der Waals surface area contributed by atoms with Crippen LogP contribution in [0.4, 0.5) is 5.69 Å². The van der Waals surface area contributed by atoms with Gasteiger partial charge in [-0.05, 0) is 36.8 Å². The van der Waals surface area contributed by atoms with E-state index in [9.17, 15) is 4.79 Å². The van der Waals surface area contributed by atoms with Crippen molar-refractivity contribution in [3.8, 4) is 0 Å². The number of carboxylic acids is 1. The van der Waals surface area contributed by atoms with Gasteiger partial charge in [-0.15, -0.1) is 0 Å². The Balaban J connectivity index is 2.14. The molecule has 27 heavy (non-hydrogen) atoms. The quantitative estimate of drug-likeness (QED) is 0.652. The van der Waals surface area contributed by atoms with Gasteiger partial charge in [0, 0.05) is 28.3 Å². The highest BCUT2D eigenvalue weighted by atomic mass is 79.9. The lowest BCUT2D eigenvalue weighted by Crippen LogP contribution is -2.27. The molecule has 1 atom stereocenters. The molecule has 0 bridgehead atoms. The van der Waals surface area contributed by atoms with Gasteiger partial charge in [0.1, 0.15) is 11.9 Å². The van der Waals surface area contributed by atoms with Crippen molar-refractivity contribution in [2.24, 2.45) is 9.98 Å². The molecule has 0 saturated heterocycles. The molecule has 8 heteroatoms. The summed E-state index contributed by atoms with van der Waals surface area (Å²) in [6.07, 6.45) is 1.95. The van der Waals surface area contributed by atoms with E-state index in [0.29, 0.717) is 17.2 Å². The van der Waals surface area contributed by atoms with Crippen molar-refractivity contribution in [3.05, 3.63) is 58.3 Å². The predicted octanol–water partition coefficient (Wildman–Crippen LogP) is 2.73. The monoisotopic (exact) mass is 430 g/mol. The minimum atomic E-state index is -0.893. The number of anilines is 1. The number of nitrogens with zero attached hydrogens (tertiary/aromatic N) is 3. The van der Waals surface area contributed by atoms with Crippen molar-refractivity contribution in [1.29, 1.82) is 0 Å². The molecule has 140 valence electrons. The molecular weight excluding hydrogens is 412 g/mol. The van der Waals surface area contributed by atoms with Crippen LogP contribution in [0.1, 0.15) is 24.1 Å². The number of hydrogen-bond donors (Lipinski definition) is 3. The first-order chi connectivity index (χ1) is 13.1. The molecule has 2 heterocycles. The van der Waals surface area contributed by atoms with Crippen LogP contribution in [0.2, 0.25) is 0 Å². The number of hydrogen-bond acceptors (Lipinski definition) is 5. The van der Waals surface area contributed by atoms with Gasteiger partial charge < -0.3 is 15.5 Å². The summed E-state index contributed by atoms with van der Waals surface area (Å²) in [4.78, 5) is 24.7. The van der Waals surface area contributed by atoms with Crippen LogP contribution in [-0.2, 0) is 4.79 Å². The highest BCUT2D eigenvalue weighted by Crippen LogP contribution is 2.28. The van der Waals surface area contributed by atoms with E-state index < -0.39 is 12.0 Å². The Kier molecular flexibility index (Phi) is 6.31. The maximum Gasteiger partial charge on any atom is 0.303 e. The second kappa shape index (κ2) is 8.88. The minimum Gasteiger partial charge on any atom is -0.481 e. The molecule has 3 rings (SSSR count). The molecule has 0 spiro atoms.